The molecule has 0 radical (unpaired) electrons. The average Bonchev–Trinajstić information content (AvgIpc) is 2.76. The van der Waals surface area contributed by atoms with E-state index < -0.39 is 0 Å². The summed E-state index contributed by atoms with van der Waals surface area (Å²) in [6, 6.07) is 43.7. The predicted molar refractivity (Wildman–Crippen MR) is 121 cm³/mol. The van der Waals surface area contributed by atoms with Crippen molar-refractivity contribution >= 4 is 0 Å². The van der Waals surface area contributed by atoms with Crippen molar-refractivity contribution in [2.45, 2.75) is 26.2 Å². The second-order valence-electron chi connectivity index (χ2n) is 7.92. The van der Waals surface area contributed by atoms with E-state index in [4.69, 9.17) is 0 Å². The van der Waals surface area contributed by atoms with Gasteiger partial charge in [0.2, 0.25) is 0 Å². The van der Waals surface area contributed by atoms with Gasteiger partial charge in [0.1, 0.15) is 26.2 Å². The largest absolute Gasteiger partial charge is 1.00 e. The van der Waals surface area contributed by atoms with Crippen molar-refractivity contribution in [2.24, 2.45) is 0 Å². The molecule has 0 amide bonds. The van der Waals surface area contributed by atoms with Gasteiger partial charge in [0, 0.05) is 22.3 Å². The van der Waals surface area contributed by atoms with Crippen molar-refractivity contribution in [2.75, 3.05) is 0 Å². The summed E-state index contributed by atoms with van der Waals surface area (Å²) in [7, 11) is 0. The predicted octanol–water partition coefficient (Wildman–Crippen LogP) is 3.61. The van der Waals surface area contributed by atoms with E-state index in [-0.39, 0.29) is 4.70 Å². The molecule has 0 N–H and O–H groups in total. The Bertz CT molecular complexity index is 814. The molecule has 0 aliphatic heterocycles. The molecule has 4 rings (SSSR count). The summed E-state index contributed by atoms with van der Waals surface area (Å²) in [6.07, 6.45) is 0. The summed E-state index contributed by atoms with van der Waals surface area (Å²) in [4.78, 5) is 0. The molecule has 2 heteroatoms. The second kappa shape index (κ2) is 10.5. The first-order valence-electron chi connectivity index (χ1n) is 10.3. The minimum Gasteiger partial charge on any atom is -1.00 e. The fourth-order valence-corrected chi connectivity index (χ4v) is 4.22. The van der Waals surface area contributed by atoms with Gasteiger partial charge in [-0.2, -0.15) is 0 Å². The standard InChI is InChI=1S/C28H28N.FH/c1-5-13-25(14-6-1)21-29(22-26-15-7-2-8-16-26,23-27-17-9-3-10-18-27)24-28-19-11-4-12-20-28;/h1-20H,21-24H2;1H/q+1;/p-1. The number of hydrogen-bond donors (Lipinski definition) is 0. The molecule has 0 heterocycles. The lowest BCUT2D eigenvalue weighted by molar-refractivity contribution is -0.978. The Morgan fingerprint density at radius 2 is 0.533 bits per heavy atom. The molecule has 0 saturated carbocycles. The fourth-order valence-electron chi connectivity index (χ4n) is 4.22. The molecule has 4 aromatic carbocycles. The molecule has 0 atom stereocenters. The van der Waals surface area contributed by atoms with E-state index >= 15 is 0 Å². The van der Waals surface area contributed by atoms with Crippen LogP contribution in [0.15, 0.2) is 121 Å². The first kappa shape index (κ1) is 21.5. The zero-order chi connectivity index (χ0) is 19.8. The Morgan fingerprint density at radius 3 is 0.733 bits per heavy atom. The van der Waals surface area contributed by atoms with Crippen LogP contribution in [0, 0.1) is 0 Å². The lowest BCUT2D eigenvalue weighted by Gasteiger charge is -2.39. The Morgan fingerprint density at radius 1 is 0.333 bits per heavy atom. The summed E-state index contributed by atoms with van der Waals surface area (Å²) >= 11 is 0. The van der Waals surface area contributed by atoms with Crippen LogP contribution in [0.4, 0.5) is 0 Å². The van der Waals surface area contributed by atoms with E-state index in [2.05, 4.69) is 121 Å². The van der Waals surface area contributed by atoms with Gasteiger partial charge in [-0.15, -0.1) is 0 Å². The van der Waals surface area contributed by atoms with E-state index in [9.17, 15) is 0 Å². The van der Waals surface area contributed by atoms with Crippen molar-refractivity contribution in [1.29, 1.82) is 0 Å². The summed E-state index contributed by atoms with van der Waals surface area (Å²) in [6.45, 7) is 4.00. The summed E-state index contributed by atoms with van der Waals surface area (Å²) < 4.78 is 0.960. The highest BCUT2D eigenvalue weighted by Gasteiger charge is 2.29. The highest BCUT2D eigenvalue weighted by Crippen LogP contribution is 2.27. The van der Waals surface area contributed by atoms with Gasteiger partial charge in [-0.1, -0.05) is 121 Å². The molecule has 0 aliphatic rings. The van der Waals surface area contributed by atoms with Gasteiger partial charge < -0.3 is 9.19 Å². The smallest absolute Gasteiger partial charge is 0.105 e. The van der Waals surface area contributed by atoms with Crippen LogP contribution in [0.1, 0.15) is 22.3 Å². The van der Waals surface area contributed by atoms with Gasteiger partial charge in [0.25, 0.3) is 0 Å². The van der Waals surface area contributed by atoms with E-state index in [1.807, 2.05) is 0 Å². The maximum absolute atomic E-state index is 2.26. The normalized spacial score (nSPS) is 10.9. The molecule has 152 valence electrons. The van der Waals surface area contributed by atoms with Crippen molar-refractivity contribution in [1.82, 2.24) is 0 Å². The van der Waals surface area contributed by atoms with Gasteiger partial charge in [-0.05, 0) is 0 Å². The van der Waals surface area contributed by atoms with Crippen molar-refractivity contribution in [3.05, 3.63) is 144 Å². The van der Waals surface area contributed by atoms with Gasteiger partial charge in [0.15, 0.2) is 0 Å². The fraction of sp³-hybridized carbons (Fsp3) is 0.143. The molecule has 0 saturated heterocycles. The van der Waals surface area contributed by atoms with Gasteiger partial charge >= 0.3 is 0 Å². The quantitative estimate of drug-likeness (QED) is 0.399. The summed E-state index contributed by atoms with van der Waals surface area (Å²) in [5, 5.41) is 0. The number of benzene rings is 4. The first-order chi connectivity index (χ1) is 14.3. The molecular formula is C28H28FN. The van der Waals surface area contributed by atoms with Crippen LogP contribution in [-0.2, 0) is 26.2 Å². The van der Waals surface area contributed by atoms with Crippen LogP contribution in [0.5, 0.6) is 0 Å². The third kappa shape index (κ3) is 5.88. The summed E-state index contributed by atoms with van der Waals surface area (Å²) in [5.41, 5.74) is 5.54. The van der Waals surface area contributed by atoms with Crippen molar-refractivity contribution in [3.8, 4) is 0 Å². The van der Waals surface area contributed by atoms with Crippen LogP contribution in [0.2, 0.25) is 0 Å². The van der Waals surface area contributed by atoms with Crippen LogP contribution in [-0.4, -0.2) is 4.48 Å². The maximum Gasteiger partial charge on any atom is 0.105 e. The van der Waals surface area contributed by atoms with E-state index in [0.29, 0.717) is 0 Å². The molecule has 0 unspecified atom stereocenters. The Balaban J connectivity index is 0.00000256. The topological polar surface area (TPSA) is 0 Å². The van der Waals surface area contributed by atoms with Crippen molar-refractivity contribution < 1.29 is 9.19 Å². The van der Waals surface area contributed by atoms with Crippen LogP contribution >= 0.6 is 0 Å². The zero-order valence-corrected chi connectivity index (χ0v) is 17.2. The third-order valence-electron chi connectivity index (χ3n) is 5.44. The Kier molecular flexibility index (Phi) is 7.53. The lowest BCUT2D eigenvalue weighted by Crippen LogP contribution is -3.00. The molecule has 0 bridgehead atoms. The minimum atomic E-state index is 0. The first-order valence-corrected chi connectivity index (χ1v) is 10.3. The number of quaternary nitrogens is 1. The van der Waals surface area contributed by atoms with E-state index in [1.54, 1.807) is 0 Å². The van der Waals surface area contributed by atoms with Crippen LogP contribution in [0.3, 0.4) is 0 Å². The van der Waals surface area contributed by atoms with Gasteiger partial charge in [-0.25, -0.2) is 0 Å². The molecular weight excluding hydrogens is 369 g/mol. The van der Waals surface area contributed by atoms with E-state index in [1.165, 1.54) is 22.3 Å². The second-order valence-corrected chi connectivity index (χ2v) is 7.92. The highest BCUT2D eigenvalue weighted by atomic mass is 19.0. The molecule has 1 nitrogen and oxygen atoms in total. The summed E-state index contributed by atoms with van der Waals surface area (Å²) in [5.74, 6) is 0. The molecule has 4 aromatic rings. The van der Waals surface area contributed by atoms with E-state index in [0.717, 1.165) is 30.7 Å². The Hall–Kier alpha value is -3.23. The maximum atomic E-state index is 2.26. The number of nitrogens with zero attached hydrogens (tertiary/aromatic N) is 1. The Labute approximate surface area is 179 Å². The number of rotatable bonds is 8. The highest BCUT2D eigenvalue weighted by molar-refractivity contribution is 5.19. The number of hydrogen-bond acceptors (Lipinski definition) is 0. The molecule has 0 fully saturated rings. The monoisotopic (exact) mass is 397 g/mol. The minimum absolute atomic E-state index is 0. The SMILES string of the molecule is [F-].c1ccc(C[N+](Cc2ccccc2)(Cc2ccccc2)Cc2ccccc2)cc1. The van der Waals surface area contributed by atoms with Crippen LogP contribution in [0.25, 0.3) is 0 Å². The average molecular weight is 398 g/mol. The number of halogens is 1. The lowest BCUT2D eigenvalue weighted by atomic mass is 10.0. The molecule has 0 aromatic heterocycles. The molecule has 30 heavy (non-hydrogen) atoms. The van der Waals surface area contributed by atoms with Gasteiger partial charge in [0.05, 0.1) is 0 Å². The third-order valence-corrected chi connectivity index (χ3v) is 5.44. The van der Waals surface area contributed by atoms with Gasteiger partial charge in [-0.3, -0.25) is 0 Å². The molecule has 0 aliphatic carbocycles. The van der Waals surface area contributed by atoms with Crippen LogP contribution < -0.4 is 4.70 Å². The molecule has 0 spiro atoms. The zero-order valence-electron chi connectivity index (χ0n) is 17.2. The van der Waals surface area contributed by atoms with Crippen molar-refractivity contribution in [3.63, 3.8) is 0 Å².